The zero-order valence-corrected chi connectivity index (χ0v) is 11.7. The maximum atomic E-state index is 13.0. The largest absolute Gasteiger partial charge is 0.306 e. The molecule has 0 spiro atoms. The Morgan fingerprint density at radius 2 is 1.74 bits per heavy atom. The second-order valence-corrected chi connectivity index (χ2v) is 5.08. The van der Waals surface area contributed by atoms with Gasteiger partial charge in [-0.2, -0.15) is 0 Å². The molecule has 2 heteroatoms. The lowest BCUT2D eigenvalue weighted by Crippen LogP contribution is -2.18. The Morgan fingerprint density at radius 3 is 2.37 bits per heavy atom. The molecule has 0 aliphatic rings. The Balaban J connectivity index is 2.00. The molecule has 19 heavy (non-hydrogen) atoms. The van der Waals surface area contributed by atoms with Crippen LogP contribution in [0, 0.1) is 19.7 Å². The lowest BCUT2D eigenvalue weighted by atomic mass is 10.1. The third-order valence-electron chi connectivity index (χ3n) is 3.48. The van der Waals surface area contributed by atoms with Gasteiger partial charge in [0.15, 0.2) is 0 Å². The first-order chi connectivity index (χ1) is 9.06. The maximum Gasteiger partial charge on any atom is 0.123 e. The minimum atomic E-state index is -0.173. The van der Waals surface area contributed by atoms with E-state index in [1.807, 2.05) is 13.0 Å². The average molecular weight is 257 g/mol. The van der Waals surface area contributed by atoms with Crippen LogP contribution in [0.2, 0.25) is 0 Å². The average Bonchev–Trinajstić information content (AvgIpc) is 2.38. The molecule has 0 saturated heterocycles. The van der Waals surface area contributed by atoms with E-state index in [1.54, 1.807) is 6.07 Å². The quantitative estimate of drug-likeness (QED) is 0.861. The normalized spacial score (nSPS) is 12.4. The van der Waals surface area contributed by atoms with Crippen LogP contribution in [0.1, 0.15) is 35.2 Å². The molecule has 1 nitrogen and oxygen atoms in total. The van der Waals surface area contributed by atoms with Crippen LogP contribution < -0.4 is 5.32 Å². The van der Waals surface area contributed by atoms with Crippen LogP contribution in [0.4, 0.5) is 4.39 Å². The van der Waals surface area contributed by atoms with Crippen molar-refractivity contribution in [3.8, 4) is 0 Å². The molecule has 0 heterocycles. The van der Waals surface area contributed by atoms with E-state index < -0.39 is 0 Å². The van der Waals surface area contributed by atoms with Gasteiger partial charge in [-0.3, -0.25) is 0 Å². The van der Waals surface area contributed by atoms with Gasteiger partial charge in [0.25, 0.3) is 0 Å². The Kier molecular flexibility index (Phi) is 4.33. The maximum absolute atomic E-state index is 13.0. The van der Waals surface area contributed by atoms with Crippen LogP contribution in [0.3, 0.4) is 0 Å². The summed E-state index contributed by atoms with van der Waals surface area (Å²) < 4.78 is 13.0. The van der Waals surface area contributed by atoms with E-state index in [2.05, 4.69) is 43.4 Å². The number of aryl methyl sites for hydroxylation is 2. The summed E-state index contributed by atoms with van der Waals surface area (Å²) in [6.07, 6.45) is 0. The summed E-state index contributed by atoms with van der Waals surface area (Å²) in [5, 5.41) is 3.47. The third kappa shape index (κ3) is 3.65. The second-order valence-electron chi connectivity index (χ2n) is 5.08. The first-order valence-electron chi connectivity index (χ1n) is 6.61. The van der Waals surface area contributed by atoms with E-state index in [9.17, 15) is 4.39 Å². The van der Waals surface area contributed by atoms with Crippen molar-refractivity contribution < 1.29 is 4.39 Å². The molecule has 100 valence electrons. The van der Waals surface area contributed by atoms with Crippen LogP contribution in [0.5, 0.6) is 0 Å². The van der Waals surface area contributed by atoms with Gasteiger partial charge in [0.1, 0.15) is 5.82 Å². The van der Waals surface area contributed by atoms with Gasteiger partial charge in [-0.05, 0) is 49.6 Å². The Morgan fingerprint density at radius 1 is 1.05 bits per heavy atom. The Bertz CT molecular complexity index is 546. The number of halogens is 1. The molecular formula is C17H20FN. The smallest absolute Gasteiger partial charge is 0.123 e. The Labute approximate surface area is 114 Å². The van der Waals surface area contributed by atoms with Crippen molar-refractivity contribution in [2.45, 2.75) is 33.4 Å². The molecule has 2 rings (SSSR count). The highest BCUT2D eigenvalue weighted by atomic mass is 19.1. The van der Waals surface area contributed by atoms with E-state index >= 15 is 0 Å². The molecule has 0 aromatic heterocycles. The van der Waals surface area contributed by atoms with Crippen molar-refractivity contribution in [3.63, 3.8) is 0 Å². The highest BCUT2D eigenvalue weighted by Gasteiger charge is 2.06. The topological polar surface area (TPSA) is 12.0 Å². The minimum absolute atomic E-state index is 0.173. The van der Waals surface area contributed by atoms with E-state index in [0.29, 0.717) is 0 Å². The highest BCUT2D eigenvalue weighted by molar-refractivity contribution is 5.27. The van der Waals surface area contributed by atoms with Crippen molar-refractivity contribution in [2.24, 2.45) is 0 Å². The molecule has 0 radical (unpaired) electrons. The standard InChI is InChI=1S/C17H20FN/c1-12-4-6-15(7-5-12)14(3)19-11-16-8-9-17(18)10-13(16)2/h4-10,14,19H,11H2,1-3H3. The summed E-state index contributed by atoms with van der Waals surface area (Å²) in [6, 6.07) is 13.8. The van der Waals surface area contributed by atoms with E-state index in [0.717, 1.165) is 17.7 Å². The first-order valence-corrected chi connectivity index (χ1v) is 6.61. The van der Waals surface area contributed by atoms with Crippen molar-refractivity contribution in [2.75, 3.05) is 0 Å². The van der Waals surface area contributed by atoms with Gasteiger partial charge in [-0.25, -0.2) is 4.39 Å². The van der Waals surface area contributed by atoms with E-state index in [1.165, 1.54) is 17.2 Å². The van der Waals surface area contributed by atoms with E-state index in [-0.39, 0.29) is 11.9 Å². The molecule has 0 fully saturated rings. The molecule has 1 N–H and O–H groups in total. The van der Waals surface area contributed by atoms with Crippen molar-refractivity contribution in [1.29, 1.82) is 0 Å². The predicted octanol–water partition coefficient (Wildman–Crippen LogP) is 4.29. The van der Waals surface area contributed by atoms with Crippen molar-refractivity contribution in [3.05, 3.63) is 70.5 Å². The number of hydrogen-bond donors (Lipinski definition) is 1. The monoisotopic (exact) mass is 257 g/mol. The fraction of sp³-hybridized carbons (Fsp3) is 0.294. The SMILES string of the molecule is Cc1ccc(C(C)NCc2ccc(F)cc2C)cc1. The van der Waals surface area contributed by atoms with Gasteiger partial charge in [0.2, 0.25) is 0 Å². The lowest BCUT2D eigenvalue weighted by molar-refractivity contribution is 0.571. The van der Waals surface area contributed by atoms with Crippen LogP contribution in [-0.4, -0.2) is 0 Å². The van der Waals surface area contributed by atoms with Crippen molar-refractivity contribution in [1.82, 2.24) is 5.32 Å². The summed E-state index contributed by atoms with van der Waals surface area (Å²) in [4.78, 5) is 0. The number of rotatable bonds is 4. The highest BCUT2D eigenvalue weighted by Crippen LogP contribution is 2.15. The molecule has 2 aromatic carbocycles. The molecule has 1 unspecified atom stereocenters. The fourth-order valence-corrected chi connectivity index (χ4v) is 2.09. The second kappa shape index (κ2) is 5.98. The molecule has 1 atom stereocenters. The summed E-state index contributed by atoms with van der Waals surface area (Å²) >= 11 is 0. The molecular weight excluding hydrogens is 237 g/mol. The summed E-state index contributed by atoms with van der Waals surface area (Å²) in [5.41, 5.74) is 4.67. The molecule has 0 saturated carbocycles. The number of hydrogen-bond acceptors (Lipinski definition) is 1. The minimum Gasteiger partial charge on any atom is -0.306 e. The number of nitrogens with one attached hydrogen (secondary N) is 1. The van der Waals surface area contributed by atoms with E-state index in [4.69, 9.17) is 0 Å². The summed E-state index contributed by atoms with van der Waals surface area (Å²) in [5.74, 6) is -0.173. The molecule has 0 aliphatic carbocycles. The van der Waals surface area contributed by atoms with Gasteiger partial charge < -0.3 is 5.32 Å². The van der Waals surface area contributed by atoms with Crippen LogP contribution in [0.25, 0.3) is 0 Å². The molecule has 0 bridgehead atoms. The van der Waals surface area contributed by atoms with Gasteiger partial charge >= 0.3 is 0 Å². The molecule has 0 amide bonds. The fourth-order valence-electron chi connectivity index (χ4n) is 2.09. The molecule has 0 aliphatic heterocycles. The predicted molar refractivity (Wildman–Crippen MR) is 77.6 cm³/mol. The van der Waals surface area contributed by atoms with Crippen LogP contribution in [-0.2, 0) is 6.54 Å². The number of benzene rings is 2. The first kappa shape index (κ1) is 13.8. The van der Waals surface area contributed by atoms with Gasteiger partial charge in [0.05, 0.1) is 0 Å². The lowest BCUT2D eigenvalue weighted by Gasteiger charge is -2.15. The third-order valence-corrected chi connectivity index (χ3v) is 3.48. The van der Waals surface area contributed by atoms with Gasteiger partial charge in [-0.15, -0.1) is 0 Å². The van der Waals surface area contributed by atoms with Gasteiger partial charge in [0, 0.05) is 12.6 Å². The Hall–Kier alpha value is -1.67. The zero-order chi connectivity index (χ0) is 13.8. The van der Waals surface area contributed by atoms with Gasteiger partial charge in [-0.1, -0.05) is 35.9 Å². The summed E-state index contributed by atoms with van der Waals surface area (Å²) in [7, 11) is 0. The molecule has 2 aromatic rings. The van der Waals surface area contributed by atoms with Crippen LogP contribution in [0.15, 0.2) is 42.5 Å². The van der Waals surface area contributed by atoms with Crippen LogP contribution >= 0.6 is 0 Å². The summed E-state index contributed by atoms with van der Waals surface area (Å²) in [6.45, 7) is 6.92. The zero-order valence-electron chi connectivity index (χ0n) is 11.7. The van der Waals surface area contributed by atoms with Crippen molar-refractivity contribution >= 4 is 0 Å².